The first kappa shape index (κ1) is 14.8. The van der Waals surface area contributed by atoms with Gasteiger partial charge < -0.3 is 9.84 Å². The highest BCUT2D eigenvalue weighted by molar-refractivity contribution is 7.15. The average molecular weight is 333 g/mol. The Bertz CT molecular complexity index is 704. The van der Waals surface area contributed by atoms with Gasteiger partial charge in [-0.2, -0.15) is 4.98 Å². The Kier molecular flexibility index (Phi) is 3.86. The van der Waals surface area contributed by atoms with Crippen LogP contribution in [0.1, 0.15) is 47.6 Å². The summed E-state index contributed by atoms with van der Waals surface area (Å²) in [7, 11) is 0. The van der Waals surface area contributed by atoms with E-state index in [1.165, 1.54) is 11.3 Å². The zero-order chi connectivity index (χ0) is 15.8. The summed E-state index contributed by atoms with van der Waals surface area (Å²) in [6.07, 6.45) is 5.30. The summed E-state index contributed by atoms with van der Waals surface area (Å²) in [5.41, 5.74) is 1.16. The van der Waals surface area contributed by atoms with Crippen molar-refractivity contribution in [2.24, 2.45) is 0 Å². The number of anilines is 1. The second-order valence-corrected chi connectivity index (χ2v) is 7.17. The van der Waals surface area contributed by atoms with Gasteiger partial charge in [0.25, 0.3) is 0 Å². The maximum Gasteiger partial charge on any atom is 0.240 e. The summed E-state index contributed by atoms with van der Waals surface area (Å²) >= 11 is 1.61. The van der Waals surface area contributed by atoms with E-state index >= 15 is 0 Å². The molecule has 0 spiro atoms. The lowest BCUT2D eigenvalue weighted by Crippen LogP contribution is -2.33. The van der Waals surface area contributed by atoms with Crippen molar-refractivity contribution in [3.63, 3.8) is 0 Å². The second kappa shape index (κ2) is 6.01. The van der Waals surface area contributed by atoms with Crippen molar-refractivity contribution in [1.82, 2.24) is 20.0 Å². The van der Waals surface area contributed by atoms with Gasteiger partial charge in [0.05, 0.1) is 18.3 Å². The van der Waals surface area contributed by atoms with E-state index in [0.717, 1.165) is 43.1 Å². The number of nitrogens with one attached hydrogen (secondary N) is 1. The minimum Gasteiger partial charge on any atom is -0.340 e. The SMILES string of the molecule is Cc1nc(C2CCCN2CC(=O)Nc2nc3c(s2)CCC3)no1. The van der Waals surface area contributed by atoms with Gasteiger partial charge in [-0.3, -0.25) is 9.69 Å². The predicted molar refractivity (Wildman–Crippen MR) is 85.4 cm³/mol. The molecule has 1 amide bonds. The van der Waals surface area contributed by atoms with E-state index in [9.17, 15) is 4.79 Å². The van der Waals surface area contributed by atoms with Crippen LogP contribution in [-0.2, 0) is 17.6 Å². The third-order valence-electron chi connectivity index (χ3n) is 4.39. The number of fused-ring (bicyclic) bond motifs is 1. The molecule has 1 N–H and O–H groups in total. The van der Waals surface area contributed by atoms with Gasteiger partial charge in [-0.25, -0.2) is 4.98 Å². The number of carbonyl (C=O) groups excluding carboxylic acids is 1. The van der Waals surface area contributed by atoms with Crippen LogP contribution in [0.4, 0.5) is 5.13 Å². The third-order valence-corrected chi connectivity index (χ3v) is 5.47. The van der Waals surface area contributed by atoms with Crippen LogP contribution >= 0.6 is 11.3 Å². The normalized spacial score (nSPS) is 20.8. The van der Waals surface area contributed by atoms with Gasteiger partial charge in [0.2, 0.25) is 11.8 Å². The molecule has 1 aliphatic heterocycles. The minimum atomic E-state index is -0.0236. The molecule has 7 nitrogen and oxygen atoms in total. The zero-order valence-electron chi connectivity index (χ0n) is 13.0. The Labute approximate surface area is 138 Å². The summed E-state index contributed by atoms with van der Waals surface area (Å²) in [4.78, 5) is 24.6. The van der Waals surface area contributed by atoms with E-state index in [1.54, 1.807) is 18.3 Å². The van der Waals surface area contributed by atoms with Crippen LogP contribution in [0.5, 0.6) is 0 Å². The molecule has 1 fully saturated rings. The molecule has 0 saturated carbocycles. The number of hydrogen-bond donors (Lipinski definition) is 1. The molecule has 122 valence electrons. The first-order valence-electron chi connectivity index (χ1n) is 8.02. The fourth-order valence-corrected chi connectivity index (χ4v) is 4.41. The van der Waals surface area contributed by atoms with E-state index in [1.807, 2.05) is 0 Å². The Morgan fingerprint density at radius 3 is 3.09 bits per heavy atom. The average Bonchev–Trinajstić information content (AvgIpc) is 3.22. The van der Waals surface area contributed by atoms with Crippen molar-refractivity contribution < 1.29 is 9.32 Å². The van der Waals surface area contributed by atoms with Gasteiger partial charge in [-0.15, -0.1) is 11.3 Å². The van der Waals surface area contributed by atoms with E-state index < -0.39 is 0 Å². The standard InChI is InChI=1S/C15H19N5O2S/c1-9-16-14(19-22-9)11-5-3-7-20(11)8-13(21)18-15-17-10-4-2-6-12(10)23-15/h11H,2-8H2,1H3,(H,17,18,21). The Hall–Kier alpha value is -1.80. The predicted octanol–water partition coefficient (Wildman–Crippen LogP) is 2.10. The molecular formula is C15H19N5O2S. The number of hydrogen-bond acceptors (Lipinski definition) is 7. The molecule has 2 aromatic heterocycles. The smallest absolute Gasteiger partial charge is 0.240 e. The number of aromatic nitrogens is 3. The van der Waals surface area contributed by atoms with Crippen molar-refractivity contribution in [3.05, 3.63) is 22.3 Å². The summed E-state index contributed by atoms with van der Waals surface area (Å²) in [6, 6.07) is 0.0690. The minimum absolute atomic E-state index is 0.0236. The zero-order valence-corrected chi connectivity index (χ0v) is 13.9. The molecule has 1 saturated heterocycles. The molecule has 23 heavy (non-hydrogen) atoms. The summed E-state index contributed by atoms with van der Waals surface area (Å²) in [5.74, 6) is 1.22. The van der Waals surface area contributed by atoms with Gasteiger partial charge in [0.1, 0.15) is 0 Å². The van der Waals surface area contributed by atoms with Crippen molar-refractivity contribution >= 4 is 22.4 Å². The monoisotopic (exact) mass is 333 g/mol. The molecule has 4 rings (SSSR count). The molecule has 2 aromatic rings. The van der Waals surface area contributed by atoms with Crippen molar-refractivity contribution in [3.8, 4) is 0 Å². The molecule has 2 aliphatic rings. The Morgan fingerprint density at radius 2 is 2.30 bits per heavy atom. The largest absolute Gasteiger partial charge is 0.340 e. The molecule has 1 atom stereocenters. The van der Waals surface area contributed by atoms with E-state index in [-0.39, 0.29) is 11.9 Å². The fraction of sp³-hybridized carbons (Fsp3) is 0.600. The lowest BCUT2D eigenvalue weighted by Gasteiger charge is -2.20. The van der Waals surface area contributed by atoms with E-state index in [2.05, 4.69) is 25.3 Å². The number of aryl methyl sites for hydroxylation is 3. The molecule has 0 bridgehead atoms. The number of likely N-dealkylation sites (tertiary alicyclic amines) is 1. The van der Waals surface area contributed by atoms with Gasteiger partial charge in [-0.05, 0) is 38.6 Å². The highest BCUT2D eigenvalue weighted by Crippen LogP contribution is 2.31. The molecule has 1 unspecified atom stereocenters. The Morgan fingerprint density at radius 1 is 1.39 bits per heavy atom. The number of nitrogens with zero attached hydrogens (tertiary/aromatic N) is 4. The number of thiazole rings is 1. The van der Waals surface area contributed by atoms with E-state index in [0.29, 0.717) is 18.3 Å². The summed E-state index contributed by atoms with van der Waals surface area (Å²) in [6.45, 7) is 2.99. The molecule has 8 heteroatoms. The van der Waals surface area contributed by atoms with Gasteiger partial charge >= 0.3 is 0 Å². The fourth-order valence-electron chi connectivity index (χ4n) is 3.35. The van der Waals surface area contributed by atoms with Gasteiger partial charge in [0.15, 0.2) is 11.0 Å². The topological polar surface area (TPSA) is 84.2 Å². The van der Waals surface area contributed by atoms with Gasteiger partial charge in [0, 0.05) is 11.8 Å². The first-order valence-corrected chi connectivity index (χ1v) is 8.83. The van der Waals surface area contributed by atoms with Crippen LogP contribution in [0.2, 0.25) is 0 Å². The number of rotatable bonds is 4. The van der Waals surface area contributed by atoms with Crippen molar-refractivity contribution in [1.29, 1.82) is 0 Å². The summed E-state index contributed by atoms with van der Waals surface area (Å²) in [5, 5.41) is 7.67. The van der Waals surface area contributed by atoms with E-state index in [4.69, 9.17) is 4.52 Å². The van der Waals surface area contributed by atoms with Gasteiger partial charge in [-0.1, -0.05) is 5.16 Å². The van der Waals surface area contributed by atoms with Crippen LogP contribution in [0.3, 0.4) is 0 Å². The van der Waals surface area contributed by atoms with Crippen LogP contribution in [0.15, 0.2) is 4.52 Å². The molecule has 0 radical (unpaired) electrons. The summed E-state index contributed by atoms with van der Waals surface area (Å²) < 4.78 is 5.06. The number of amides is 1. The van der Waals surface area contributed by atoms with Crippen LogP contribution in [0.25, 0.3) is 0 Å². The number of carbonyl (C=O) groups is 1. The highest BCUT2D eigenvalue weighted by Gasteiger charge is 2.31. The van der Waals surface area contributed by atoms with Crippen molar-refractivity contribution in [2.75, 3.05) is 18.4 Å². The Balaban J connectivity index is 1.39. The highest BCUT2D eigenvalue weighted by atomic mass is 32.1. The molecule has 3 heterocycles. The van der Waals surface area contributed by atoms with Crippen molar-refractivity contribution in [2.45, 2.75) is 45.1 Å². The third kappa shape index (κ3) is 3.00. The second-order valence-electron chi connectivity index (χ2n) is 6.09. The quantitative estimate of drug-likeness (QED) is 0.922. The van der Waals surface area contributed by atoms with Crippen LogP contribution < -0.4 is 5.32 Å². The maximum absolute atomic E-state index is 12.3. The molecule has 0 aromatic carbocycles. The lowest BCUT2D eigenvalue weighted by molar-refractivity contribution is -0.117. The molecular weight excluding hydrogens is 314 g/mol. The lowest BCUT2D eigenvalue weighted by atomic mass is 10.2. The first-order chi connectivity index (χ1) is 11.2. The van der Waals surface area contributed by atoms with Crippen LogP contribution in [-0.4, -0.2) is 39.0 Å². The maximum atomic E-state index is 12.3. The van der Waals surface area contributed by atoms with Crippen LogP contribution in [0, 0.1) is 6.92 Å². The molecule has 1 aliphatic carbocycles.